The molecule has 2 atom stereocenters. The molecule has 1 spiro atoms. The SMILES string of the molecule is Cc1[nH]c2ccc(F)cc2c1C(O)CN1CCC2(CC1)CC(O)c1ccccc1O2. The summed E-state index contributed by atoms with van der Waals surface area (Å²) in [5.74, 6) is 0.476. The van der Waals surface area contributed by atoms with E-state index in [1.807, 2.05) is 31.2 Å². The maximum absolute atomic E-state index is 13.7. The van der Waals surface area contributed by atoms with Crippen molar-refractivity contribution in [2.75, 3.05) is 19.6 Å². The maximum Gasteiger partial charge on any atom is 0.125 e. The number of para-hydroxylation sites is 1. The van der Waals surface area contributed by atoms with Gasteiger partial charge in [-0.15, -0.1) is 0 Å². The highest BCUT2D eigenvalue weighted by atomic mass is 19.1. The molecule has 2 aliphatic rings. The number of nitrogens with zero attached hydrogens (tertiary/aromatic N) is 1. The number of hydrogen-bond donors (Lipinski definition) is 3. The van der Waals surface area contributed by atoms with Gasteiger partial charge in [0.2, 0.25) is 0 Å². The largest absolute Gasteiger partial charge is 0.487 e. The maximum atomic E-state index is 13.7. The Morgan fingerprint density at radius 1 is 1.23 bits per heavy atom. The molecule has 2 unspecified atom stereocenters. The highest BCUT2D eigenvalue weighted by Gasteiger charge is 2.43. The minimum absolute atomic E-state index is 0.303. The summed E-state index contributed by atoms with van der Waals surface area (Å²) < 4.78 is 20.1. The van der Waals surface area contributed by atoms with E-state index >= 15 is 0 Å². The molecule has 3 aromatic rings. The number of benzene rings is 2. The summed E-state index contributed by atoms with van der Waals surface area (Å²) in [4.78, 5) is 5.47. The van der Waals surface area contributed by atoms with Crippen LogP contribution in [0.3, 0.4) is 0 Å². The number of rotatable bonds is 3. The van der Waals surface area contributed by atoms with Gasteiger partial charge in [-0.1, -0.05) is 18.2 Å². The monoisotopic (exact) mass is 410 g/mol. The fraction of sp³-hybridized carbons (Fsp3) is 0.417. The van der Waals surface area contributed by atoms with Crippen LogP contribution in [0.4, 0.5) is 4.39 Å². The van der Waals surface area contributed by atoms with Crippen molar-refractivity contribution in [3.05, 3.63) is 65.1 Å². The molecule has 1 saturated heterocycles. The van der Waals surface area contributed by atoms with E-state index in [4.69, 9.17) is 4.74 Å². The molecule has 1 aromatic heterocycles. The van der Waals surface area contributed by atoms with E-state index in [0.29, 0.717) is 13.0 Å². The molecule has 0 amide bonds. The number of aliphatic hydroxyl groups is 2. The number of aromatic nitrogens is 1. The quantitative estimate of drug-likeness (QED) is 0.611. The summed E-state index contributed by atoms with van der Waals surface area (Å²) in [6.07, 6.45) is 0.990. The van der Waals surface area contributed by atoms with Crippen LogP contribution in [0.15, 0.2) is 42.5 Å². The summed E-state index contributed by atoms with van der Waals surface area (Å²) in [5, 5.41) is 22.3. The van der Waals surface area contributed by atoms with Gasteiger partial charge in [0.15, 0.2) is 0 Å². The zero-order valence-electron chi connectivity index (χ0n) is 17.1. The van der Waals surface area contributed by atoms with Gasteiger partial charge in [0, 0.05) is 53.8 Å². The summed E-state index contributed by atoms with van der Waals surface area (Å²) in [6, 6.07) is 12.3. The number of H-pyrrole nitrogens is 1. The van der Waals surface area contributed by atoms with Gasteiger partial charge in [-0.3, -0.25) is 0 Å². The number of nitrogens with one attached hydrogen (secondary N) is 1. The van der Waals surface area contributed by atoms with Gasteiger partial charge in [-0.05, 0) is 44.0 Å². The lowest BCUT2D eigenvalue weighted by Gasteiger charge is -2.46. The number of likely N-dealkylation sites (tertiary alicyclic amines) is 1. The van der Waals surface area contributed by atoms with Crippen molar-refractivity contribution in [1.29, 1.82) is 0 Å². The number of ether oxygens (including phenoxy) is 1. The molecule has 2 aliphatic heterocycles. The molecule has 5 rings (SSSR count). The predicted molar refractivity (Wildman–Crippen MR) is 113 cm³/mol. The zero-order chi connectivity index (χ0) is 20.9. The Hall–Kier alpha value is -2.41. The third-order valence-corrected chi connectivity index (χ3v) is 6.70. The Labute approximate surface area is 175 Å². The number of β-amino-alcohol motifs (C(OH)–C–C–N with tert-alkyl or cyclic N) is 1. The number of fused-ring (bicyclic) bond motifs is 2. The third kappa shape index (κ3) is 3.39. The molecule has 1 fully saturated rings. The van der Waals surface area contributed by atoms with Gasteiger partial charge in [0.05, 0.1) is 12.2 Å². The van der Waals surface area contributed by atoms with Crippen molar-refractivity contribution < 1.29 is 19.3 Å². The number of aliphatic hydroxyl groups excluding tert-OH is 2. The Kier molecular flexibility index (Phi) is 4.81. The lowest BCUT2D eigenvalue weighted by atomic mass is 9.81. The molecule has 158 valence electrons. The van der Waals surface area contributed by atoms with Crippen LogP contribution in [0.2, 0.25) is 0 Å². The molecular weight excluding hydrogens is 383 g/mol. The van der Waals surface area contributed by atoms with Crippen molar-refractivity contribution in [3.63, 3.8) is 0 Å². The summed E-state index contributed by atoms with van der Waals surface area (Å²) in [6.45, 7) is 3.96. The van der Waals surface area contributed by atoms with Crippen LogP contribution in [-0.4, -0.2) is 45.3 Å². The van der Waals surface area contributed by atoms with E-state index in [2.05, 4.69) is 9.88 Å². The second-order valence-electron chi connectivity index (χ2n) is 8.71. The molecule has 3 N–H and O–H groups in total. The van der Waals surface area contributed by atoms with Crippen LogP contribution in [0.1, 0.15) is 48.3 Å². The van der Waals surface area contributed by atoms with E-state index in [1.165, 1.54) is 12.1 Å². The second kappa shape index (κ2) is 7.38. The average Bonchev–Trinajstić information content (AvgIpc) is 3.05. The number of aryl methyl sites for hydroxylation is 1. The topological polar surface area (TPSA) is 68.7 Å². The van der Waals surface area contributed by atoms with Crippen molar-refractivity contribution >= 4 is 10.9 Å². The summed E-state index contributed by atoms with van der Waals surface area (Å²) in [7, 11) is 0. The van der Waals surface area contributed by atoms with Crippen LogP contribution in [-0.2, 0) is 0 Å². The van der Waals surface area contributed by atoms with E-state index in [9.17, 15) is 14.6 Å². The van der Waals surface area contributed by atoms with Gasteiger partial charge < -0.3 is 24.8 Å². The first-order chi connectivity index (χ1) is 14.4. The summed E-state index contributed by atoms with van der Waals surface area (Å²) in [5.41, 5.74) is 2.98. The van der Waals surface area contributed by atoms with Gasteiger partial charge in [0.1, 0.15) is 17.2 Å². The van der Waals surface area contributed by atoms with E-state index in [0.717, 1.165) is 59.4 Å². The zero-order valence-corrected chi connectivity index (χ0v) is 17.1. The fourth-order valence-corrected chi connectivity index (χ4v) is 5.12. The van der Waals surface area contributed by atoms with Gasteiger partial charge in [-0.25, -0.2) is 4.39 Å². The van der Waals surface area contributed by atoms with E-state index < -0.39 is 12.2 Å². The normalized spacial score (nSPS) is 22.1. The Morgan fingerprint density at radius 2 is 2.00 bits per heavy atom. The van der Waals surface area contributed by atoms with Crippen LogP contribution in [0.5, 0.6) is 5.75 Å². The van der Waals surface area contributed by atoms with Crippen LogP contribution >= 0.6 is 0 Å². The molecule has 0 bridgehead atoms. The standard InChI is InChI=1S/C24H27FN2O3/c1-15-23(18-12-16(25)6-7-19(18)26-15)21(29)14-27-10-8-24(9-11-27)13-20(28)17-4-2-3-5-22(17)30-24/h2-7,12,20-21,26,28-29H,8-11,13-14H2,1H3. The summed E-state index contributed by atoms with van der Waals surface area (Å²) >= 11 is 0. The first kappa shape index (κ1) is 19.5. The van der Waals surface area contributed by atoms with Gasteiger partial charge in [0.25, 0.3) is 0 Å². The Bertz CT molecular complexity index is 1070. The molecule has 3 heterocycles. The highest BCUT2D eigenvalue weighted by Crippen LogP contribution is 2.44. The van der Waals surface area contributed by atoms with Crippen LogP contribution in [0, 0.1) is 12.7 Å². The Morgan fingerprint density at radius 3 is 2.80 bits per heavy atom. The number of aromatic amines is 1. The minimum Gasteiger partial charge on any atom is -0.487 e. The van der Waals surface area contributed by atoms with Crippen molar-refractivity contribution in [2.45, 2.75) is 44.0 Å². The molecule has 0 aliphatic carbocycles. The van der Waals surface area contributed by atoms with Crippen LogP contribution < -0.4 is 4.74 Å². The second-order valence-corrected chi connectivity index (χ2v) is 8.71. The van der Waals surface area contributed by atoms with E-state index in [1.54, 1.807) is 6.07 Å². The molecule has 0 saturated carbocycles. The first-order valence-electron chi connectivity index (χ1n) is 10.6. The van der Waals surface area contributed by atoms with Crippen molar-refractivity contribution in [1.82, 2.24) is 9.88 Å². The molecule has 6 heteroatoms. The van der Waals surface area contributed by atoms with E-state index in [-0.39, 0.29) is 11.4 Å². The van der Waals surface area contributed by atoms with Crippen molar-refractivity contribution in [3.8, 4) is 5.75 Å². The van der Waals surface area contributed by atoms with Crippen molar-refractivity contribution in [2.24, 2.45) is 0 Å². The molecule has 5 nitrogen and oxygen atoms in total. The first-order valence-corrected chi connectivity index (χ1v) is 10.6. The van der Waals surface area contributed by atoms with Gasteiger partial charge in [-0.2, -0.15) is 0 Å². The lowest BCUT2D eigenvalue weighted by Crippen LogP contribution is -2.51. The third-order valence-electron chi connectivity index (χ3n) is 6.70. The highest BCUT2D eigenvalue weighted by molar-refractivity contribution is 5.85. The molecular formula is C24H27FN2O3. The fourth-order valence-electron chi connectivity index (χ4n) is 5.12. The number of halogens is 1. The molecule has 30 heavy (non-hydrogen) atoms. The lowest BCUT2D eigenvalue weighted by molar-refractivity contribution is -0.0587. The molecule has 0 radical (unpaired) electrons. The average molecular weight is 410 g/mol. The Balaban J connectivity index is 1.28. The smallest absolute Gasteiger partial charge is 0.125 e. The number of piperidine rings is 1. The van der Waals surface area contributed by atoms with Crippen LogP contribution in [0.25, 0.3) is 10.9 Å². The molecule has 2 aromatic carbocycles. The number of hydrogen-bond acceptors (Lipinski definition) is 4. The minimum atomic E-state index is -0.701. The predicted octanol–water partition coefficient (Wildman–Crippen LogP) is 4.00. The van der Waals surface area contributed by atoms with Gasteiger partial charge >= 0.3 is 0 Å².